The van der Waals surface area contributed by atoms with Gasteiger partial charge in [0.25, 0.3) is 0 Å². The SMILES string of the molecule is C=N/C(OC)=C(/C)C(=C)F.CC. The van der Waals surface area contributed by atoms with Crippen molar-refractivity contribution in [1.29, 1.82) is 0 Å². The first-order valence-electron chi connectivity index (χ1n) is 3.69. The van der Waals surface area contributed by atoms with Crippen molar-refractivity contribution < 1.29 is 9.13 Å². The van der Waals surface area contributed by atoms with Crippen molar-refractivity contribution >= 4 is 6.72 Å². The van der Waals surface area contributed by atoms with E-state index in [0.717, 1.165) is 0 Å². The molecule has 0 N–H and O–H groups in total. The maximum absolute atomic E-state index is 12.3. The number of methoxy groups -OCH3 is 1. The van der Waals surface area contributed by atoms with Crippen LogP contribution >= 0.6 is 0 Å². The minimum atomic E-state index is -0.552. The van der Waals surface area contributed by atoms with Crippen molar-refractivity contribution in [1.82, 2.24) is 0 Å². The molecule has 0 atom stereocenters. The van der Waals surface area contributed by atoms with Crippen molar-refractivity contribution in [2.75, 3.05) is 7.11 Å². The zero-order valence-electron chi connectivity index (χ0n) is 8.15. The molecule has 0 aliphatic heterocycles. The average Bonchev–Trinajstić information content (AvgIpc) is 2.10. The van der Waals surface area contributed by atoms with Crippen molar-refractivity contribution in [2.45, 2.75) is 20.8 Å². The van der Waals surface area contributed by atoms with Crippen molar-refractivity contribution in [3.8, 4) is 0 Å². The van der Waals surface area contributed by atoms with Gasteiger partial charge in [0.15, 0.2) is 0 Å². The minimum absolute atomic E-state index is 0.174. The van der Waals surface area contributed by atoms with Gasteiger partial charge in [0, 0.05) is 5.57 Å². The van der Waals surface area contributed by atoms with E-state index in [1.54, 1.807) is 0 Å². The second-order valence-electron chi connectivity index (χ2n) is 1.70. The van der Waals surface area contributed by atoms with Gasteiger partial charge < -0.3 is 4.74 Å². The van der Waals surface area contributed by atoms with Gasteiger partial charge in [-0.3, -0.25) is 0 Å². The Labute approximate surface area is 73.5 Å². The molecule has 0 radical (unpaired) electrons. The van der Waals surface area contributed by atoms with Crippen molar-refractivity contribution in [3.63, 3.8) is 0 Å². The van der Waals surface area contributed by atoms with E-state index in [0.29, 0.717) is 0 Å². The molecule has 3 heteroatoms. The van der Waals surface area contributed by atoms with E-state index in [1.807, 2.05) is 13.8 Å². The van der Waals surface area contributed by atoms with Crippen LogP contribution < -0.4 is 0 Å². The van der Waals surface area contributed by atoms with Gasteiger partial charge in [-0.15, -0.1) is 0 Å². The van der Waals surface area contributed by atoms with Gasteiger partial charge in [0.1, 0.15) is 5.83 Å². The Balaban J connectivity index is 0. The molecule has 0 aliphatic carbocycles. The molecule has 0 rings (SSSR count). The molecule has 0 heterocycles. The molecule has 0 aliphatic rings. The fraction of sp³-hybridized carbons (Fsp3) is 0.444. The molecule has 0 amide bonds. The van der Waals surface area contributed by atoms with E-state index in [-0.39, 0.29) is 11.5 Å². The van der Waals surface area contributed by atoms with E-state index >= 15 is 0 Å². The maximum Gasteiger partial charge on any atom is 0.218 e. The molecule has 12 heavy (non-hydrogen) atoms. The summed E-state index contributed by atoms with van der Waals surface area (Å²) in [6.07, 6.45) is 0. The lowest BCUT2D eigenvalue weighted by atomic mass is 10.3. The number of ether oxygens (including phenoxy) is 1. The lowest BCUT2D eigenvalue weighted by molar-refractivity contribution is 0.283. The van der Waals surface area contributed by atoms with Gasteiger partial charge in [0.05, 0.1) is 7.11 Å². The van der Waals surface area contributed by atoms with Crippen LogP contribution in [0.3, 0.4) is 0 Å². The highest BCUT2D eigenvalue weighted by Gasteiger charge is 2.02. The third-order valence-corrected chi connectivity index (χ3v) is 1.06. The molecule has 0 aromatic carbocycles. The quantitative estimate of drug-likeness (QED) is 0.365. The summed E-state index contributed by atoms with van der Waals surface area (Å²) in [6.45, 7) is 11.8. The van der Waals surface area contributed by atoms with Gasteiger partial charge >= 0.3 is 0 Å². The van der Waals surface area contributed by atoms with E-state index < -0.39 is 5.83 Å². The molecule has 0 fully saturated rings. The number of aliphatic imine (C=N–C) groups is 1. The van der Waals surface area contributed by atoms with E-state index in [1.165, 1.54) is 14.0 Å². The van der Waals surface area contributed by atoms with Gasteiger partial charge in [-0.1, -0.05) is 20.4 Å². The molecule has 0 spiro atoms. The van der Waals surface area contributed by atoms with Crippen LogP contribution in [0.2, 0.25) is 0 Å². The van der Waals surface area contributed by atoms with Gasteiger partial charge in [-0.25, -0.2) is 9.38 Å². The van der Waals surface area contributed by atoms with E-state index in [9.17, 15) is 4.39 Å². The number of hydrogen-bond donors (Lipinski definition) is 0. The normalized spacial score (nSPS) is 10.4. The van der Waals surface area contributed by atoms with Crippen LogP contribution in [-0.2, 0) is 4.74 Å². The lowest BCUT2D eigenvalue weighted by Crippen LogP contribution is -1.87. The molecule has 0 saturated heterocycles. The van der Waals surface area contributed by atoms with Crippen LogP contribution in [0.15, 0.2) is 28.9 Å². The number of hydrogen-bond acceptors (Lipinski definition) is 2. The van der Waals surface area contributed by atoms with Crippen LogP contribution in [-0.4, -0.2) is 13.8 Å². The smallest absolute Gasteiger partial charge is 0.218 e. The molecule has 0 bridgehead atoms. The van der Waals surface area contributed by atoms with Gasteiger partial charge in [-0.05, 0) is 13.6 Å². The first-order valence-corrected chi connectivity index (χ1v) is 3.69. The molecule has 0 aromatic heterocycles. The van der Waals surface area contributed by atoms with Crippen LogP contribution in [0.1, 0.15) is 20.8 Å². The largest absolute Gasteiger partial charge is 0.481 e. The minimum Gasteiger partial charge on any atom is -0.481 e. The molecule has 0 aromatic rings. The monoisotopic (exact) mass is 173 g/mol. The molecular weight excluding hydrogens is 157 g/mol. The van der Waals surface area contributed by atoms with E-state index in [4.69, 9.17) is 0 Å². The summed E-state index contributed by atoms with van der Waals surface area (Å²) in [5, 5.41) is 0. The highest BCUT2D eigenvalue weighted by molar-refractivity contribution is 5.32. The molecular formula is C9H16FNO. The average molecular weight is 173 g/mol. The summed E-state index contributed by atoms with van der Waals surface area (Å²) in [5.41, 5.74) is 0.275. The maximum atomic E-state index is 12.3. The summed E-state index contributed by atoms with van der Waals surface area (Å²) in [6, 6.07) is 0. The summed E-state index contributed by atoms with van der Waals surface area (Å²) in [4.78, 5) is 3.43. The zero-order valence-corrected chi connectivity index (χ0v) is 8.15. The fourth-order valence-electron chi connectivity index (χ4n) is 0.452. The molecule has 0 saturated carbocycles. The Morgan fingerprint density at radius 1 is 1.42 bits per heavy atom. The topological polar surface area (TPSA) is 21.6 Å². The second kappa shape index (κ2) is 7.98. The highest BCUT2D eigenvalue weighted by atomic mass is 19.1. The zero-order chi connectivity index (χ0) is 10.1. The van der Waals surface area contributed by atoms with Gasteiger partial charge in [0.2, 0.25) is 5.88 Å². The Morgan fingerprint density at radius 2 is 1.83 bits per heavy atom. The Bertz CT molecular complexity index is 185. The number of halogens is 1. The predicted molar refractivity (Wildman–Crippen MR) is 50.9 cm³/mol. The Morgan fingerprint density at radius 3 is 1.92 bits per heavy atom. The third-order valence-electron chi connectivity index (χ3n) is 1.06. The van der Waals surface area contributed by atoms with Crippen molar-refractivity contribution in [2.24, 2.45) is 4.99 Å². The number of allylic oxidation sites excluding steroid dienone is 2. The third kappa shape index (κ3) is 4.66. The Kier molecular flexibility index (Phi) is 8.96. The summed E-state index contributed by atoms with van der Waals surface area (Å²) in [7, 11) is 1.40. The van der Waals surface area contributed by atoms with Crippen LogP contribution in [0.5, 0.6) is 0 Å². The predicted octanol–water partition coefficient (Wildman–Crippen LogP) is 3.07. The summed E-state index contributed by atoms with van der Waals surface area (Å²) >= 11 is 0. The lowest BCUT2D eigenvalue weighted by Gasteiger charge is -2.01. The van der Waals surface area contributed by atoms with E-state index in [2.05, 4.69) is 23.0 Å². The first kappa shape index (κ1) is 13.5. The summed E-state index contributed by atoms with van der Waals surface area (Å²) in [5.74, 6) is -0.378. The summed E-state index contributed by atoms with van der Waals surface area (Å²) < 4.78 is 17.0. The van der Waals surface area contributed by atoms with Crippen LogP contribution in [0, 0.1) is 0 Å². The van der Waals surface area contributed by atoms with Crippen LogP contribution in [0.25, 0.3) is 0 Å². The highest BCUT2D eigenvalue weighted by Crippen LogP contribution is 2.14. The number of rotatable bonds is 3. The standard InChI is InChI=1S/C7H10FNO.C2H6/c1-5(6(2)8)7(9-3)10-4;1-2/h2-3H2,1,4H3;1-2H3/b7-5+;. The Hall–Kier alpha value is -1.12. The molecule has 2 nitrogen and oxygen atoms in total. The first-order chi connectivity index (χ1) is 5.63. The molecule has 0 unspecified atom stereocenters. The van der Waals surface area contributed by atoms with Crippen LogP contribution in [0.4, 0.5) is 4.39 Å². The van der Waals surface area contributed by atoms with Gasteiger partial charge in [-0.2, -0.15) is 0 Å². The molecule has 70 valence electrons. The fourth-order valence-corrected chi connectivity index (χ4v) is 0.452. The second-order valence-corrected chi connectivity index (χ2v) is 1.70. The van der Waals surface area contributed by atoms with Crippen molar-refractivity contribution in [3.05, 3.63) is 23.9 Å². The number of nitrogens with zero attached hydrogens (tertiary/aromatic N) is 1.